The van der Waals surface area contributed by atoms with Gasteiger partial charge in [-0.15, -0.1) is 0 Å². The number of imide groups is 1. The zero-order valence-electron chi connectivity index (χ0n) is 13.1. The summed E-state index contributed by atoms with van der Waals surface area (Å²) in [6.07, 6.45) is 0.720. The molecule has 6 heteroatoms. The van der Waals surface area contributed by atoms with Gasteiger partial charge in [0.2, 0.25) is 11.8 Å². The van der Waals surface area contributed by atoms with Gasteiger partial charge in [-0.25, -0.2) is 0 Å². The maximum absolute atomic E-state index is 12.0. The third kappa shape index (κ3) is 5.93. The van der Waals surface area contributed by atoms with Gasteiger partial charge in [-0.2, -0.15) is 0 Å². The lowest BCUT2D eigenvalue weighted by Crippen LogP contribution is -2.34. The predicted molar refractivity (Wildman–Crippen MR) is 76.6 cm³/mol. The first-order chi connectivity index (χ1) is 9.93. The van der Waals surface area contributed by atoms with E-state index in [-0.39, 0.29) is 29.4 Å². The Morgan fingerprint density at radius 3 is 2.33 bits per heavy atom. The van der Waals surface area contributed by atoms with Crippen LogP contribution < -0.4 is 0 Å². The van der Waals surface area contributed by atoms with E-state index in [1.54, 1.807) is 0 Å². The number of ether oxygens (including phenoxy) is 2. The Morgan fingerprint density at radius 1 is 1.19 bits per heavy atom. The minimum absolute atomic E-state index is 0.0868. The molecule has 0 aliphatic carbocycles. The molecule has 1 aliphatic rings. The topological polar surface area (TPSA) is 72.9 Å². The van der Waals surface area contributed by atoms with Gasteiger partial charge < -0.3 is 9.47 Å². The number of carbonyl (C=O) groups is 3. The smallest absolute Gasteiger partial charge is 0.233 e. The zero-order valence-corrected chi connectivity index (χ0v) is 13.1. The average molecular weight is 299 g/mol. The predicted octanol–water partition coefficient (Wildman–Crippen LogP) is 1.03. The Kier molecular flexibility index (Phi) is 7.53. The minimum Gasteiger partial charge on any atom is -0.379 e. The fourth-order valence-electron chi connectivity index (χ4n) is 2.16. The van der Waals surface area contributed by atoms with Crippen LogP contribution in [0.1, 0.15) is 33.6 Å². The van der Waals surface area contributed by atoms with Gasteiger partial charge in [0.25, 0.3) is 0 Å². The fourth-order valence-corrected chi connectivity index (χ4v) is 2.16. The Morgan fingerprint density at radius 2 is 1.81 bits per heavy atom. The molecule has 1 fully saturated rings. The molecule has 0 aromatic heterocycles. The second-order valence-corrected chi connectivity index (χ2v) is 5.62. The Balaban J connectivity index is 2.11. The number of nitrogens with zero attached hydrogens (tertiary/aromatic N) is 1. The first kappa shape index (κ1) is 17.8. The summed E-state index contributed by atoms with van der Waals surface area (Å²) in [6.45, 7) is 7.24. The monoisotopic (exact) mass is 299 g/mol. The number of carbonyl (C=O) groups excluding carboxylic acids is 3. The Hall–Kier alpha value is -1.27. The van der Waals surface area contributed by atoms with Crippen LogP contribution in [-0.2, 0) is 23.9 Å². The number of likely N-dealkylation sites (tertiary alicyclic amines) is 1. The van der Waals surface area contributed by atoms with Crippen LogP contribution in [-0.4, -0.2) is 55.5 Å². The SMILES string of the molecule is CC(=O)CCOCCOCCN1C(=O)CC(C(C)C)C1=O. The van der Waals surface area contributed by atoms with Crippen molar-refractivity contribution in [1.29, 1.82) is 0 Å². The van der Waals surface area contributed by atoms with Crippen LogP contribution in [0.4, 0.5) is 0 Å². The largest absolute Gasteiger partial charge is 0.379 e. The van der Waals surface area contributed by atoms with Gasteiger partial charge in [-0.3, -0.25) is 19.3 Å². The third-order valence-corrected chi connectivity index (χ3v) is 3.51. The van der Waals surface area contributed by atoms with Crippen LogP contribution in [0.2, 0.25) is 0 Å². The van der Waals surface area contributed by atoms with Crippen molar-refractivity contribution in [2.75, 3.05) is 33.0 Å². The summed E-state index contributed by atoms with van der Waals surface area (Å²) in [5, 5.41) is 0. The highest BCUT2D eigenvalue weighted by atomic mass is 16.5. The normalized spacial score (nSPS) is 18.9. The van der Waals surface area contributed by atoms with Crippen molar-refractivity contribution in [3.05, 3.63) is 0 Å². The van der Waals surface area contributed by atoms with Crippen LogP contribution in [0.15, 0.2) is 0 Å². The number of Topliss-reactive ketones (excluding diaryl/α,β-unsaturated/α-hetero) is 1. The molecule has 1 unspecified atom stereocenters. The summed E-state index contributed by atoms with van der Waals surface area (Å²) in [7, 11) is 0. The van der Waals surface area contributed by atoms with E-state index >= 15 is 0 Å². The first-order valence-corrected chi connectivity index (χ1v) is 7.42. The van der Waals surface area contributed by atoms with Gasteiger partial charge in [-0.1, -0.05) is 13.8 Å². The summed E-state index contributed by atoms with van der Waals surface area (Å²) in [5.74, 6) is -0.104. The first-order valence-electron chi connectivity index (χ1n) is 7.42. The van der Waals surface area contributed by atoms with Crippen LogP contribution in [0.5, 0.6) is 0 Å². The quantitative estimate of drug-likeness (QED) is 0.445. The second-order valence-electron chi connectivity index (χ2n) is 5.62. The zero-order chi connectivity index (χ0) is 15.8. The summed E-state index contributed by atoms with van der Waals surface area (Å²) in [6, 6.07) is 0. The molecule has 2 amide bonds. The highest BCUT2D eigenvalue weighted by Crippen LogP contribution is 2.25. The molecule has 21 heavy (non-hydrogen) atoms. The summed E-state index contributed by atoms with van der Waals surface area (Å²) >= 11 is 0. The van der Waals surface area contributed by atoms with E-state index in [1.165, 1.54) is 11.8 Å². The average Bonchev–Trinajstić information content (AvgIpc) is 2.69. The van der Waals surface area contributed by atoms with Crippen LogP contribution in [0.3, 0.4) is 0 Å². The van der Waals surface area contributed by atoms with Crippen molar-refractivity contribution in [3.8, 4) is 0 Å². The summed E-state index contributed by atoms with van der Waals surface area (Å²) in [5.41, 5.74) is 0. The molecule has 1 aliphatic heterocycles. The van der Waals surface area contributed by atoms with E-state index in [1.807, 2.05) is 13.8 Å². The number of rotatable bonds is 10. The third-order valence-electron chi connectivity index (χ3n) is 3.51. The summed E-state index contributed by atoms with van der Waals surface area (Å²) in [4.78, 5) is 35.8. The van der Waals surface area contributed by atoms with E-state index < -0.39 is 0 Å². The molecule has 0 saturated carbocycles. The lowest BCUT2D eigenvalue weighted by Gasteiger charge is -2.16. The van der Waals surface area contributed by atoms with Gasteiger partial charge in [-0.05, 0) is 12.8 Å². The molecule has 0 radical (unpaired) electrons. The molecule has 0 aromatic rings. The standard InChI is InChI=1S/C15H25NO5/c1-11(2)13-10-14(18)16(15(13)19)5-7-21-9-8-20-6-4-12(3)17/h11,13H,4-10H2,1-3H3. The lowest BCUT2D eigenvalue weighted by molar-refractivity contribution is -0.140. The van der Waals surface area contributed by atoms with Crippen molar-refractivity contribution >= 4 is 17.6 Å². The van der Waals surface area contributed by atoms with E-state index in [2.05, 4.69) is 0 Å². The molecule has 0 spiro atoms. The van der Waals surface area contributed by atoms with E-state index in [4.69, 9.17) is 9.47 Å². The summed E-state index contributed by atoms with van der Waals surface area (Å²) < 4.78 is 10.6. The van der Waals surface area contributed by atoms with Crippen molar-refractivity contribution in [3.63, 3.8) is 0 Å². The molecule has 0 bridgehead atoms. The maximum Gasteiger partial charge on any atom is 0.233 e. The molecule has 1 rings (SSSR count). The molecule has 1 atom stereocenters. The van der Waals surface area contributed by atoms with Gasteiger partial charge in [0.1, 0.15) is 5.78 Å². The van der Waals surface area contributed by atoms with Crippen molar-refractivity contribution in [2.24, 2.45) is 11.8 Å². The number of hydrogen-bond donors (Lipinski definition) is 0. The molecule has 1 saturated heterocycles. The highest BCUT2D eigenvalue weighted by Gasteiger charge is 2.39. The number of ketones is 1. The van der Waals surface area contributed by atoms with Crippen molar-refractivity contribution in [1.82, 2.24) is 4.90 Å². The molecular formula is C15H25NO5. The highest BCUT2D eigenvalue weighted by molar-refractivity contribution is 6.03. The molecule has 1 heterocycles. The van der Waals surface area contributed by atoms with Crippen molar-refractivity contribution in [2.45, 2.75) is 33.6 Å². The molecule has 0 N–H and O–H groups in total. The fraction of sp³-hybridized carbons (Fsp3) is 0.800. The van der Waals surface area contributed by atoms with Gasteiger partial charge >= 0.3 is 0 Å². The lowest BCUT2D eigenvalue weighted by atomic mass is 9.94. The molecule has 120 valence electrons. The van der Waals surface area contributed by atoms with Gasteiger partial charge in [0, 0.05) is 18.8 Å². The molecule has 6 nitrogen and oxygen atoms in total. The Bertz CT molecular complexity index is 380. The number of amides is 2. The van der Waals surface area contributed by atoms with Gasteiger partial charge in [0.05, 0.1) is 33.0 Å². The van der Waals surface area contributed by atoms with Crippen LogP contribution >= 0.6 is 0 Å². The second kappa shape index (κ2) is 8.89. The Labute approximate surface area is 125 Å². The van der Waals surface area contributed by atoms with Gasteiger partial charge in [0.15, 0.2) is 0 Å². The van der Waals surface area contributed by atoms with E-state index in [9.17, 15) is 14.4 Å². The number of hydrogen-bond acceptors (Lipinski definition) is 5. The maximum atomic E-state index is 12.0. The molecule has 0 aromatic carbocycles. The minimum atomic E-state index is -0.188. The van der Waals surface area contributed by atoms with E-state index in [0.717, 1.165) is 0 Å². The molecular weight excluding hydrogens is 274 g/mol. The van der Waals surface area contributed by atoms with Crippen LogP contribution in [0, 0.1) is 11.8 Å². The van der Waals surface area contributed by atoms with E-state index in [0.29, 0.717) is 45.8 Å². The van der Waals surface area contributed by atoms with Crippen molar-refractivity contribution < 1.29 is 23.9 Å². The van der Waals surface area contributed by atoms with Crippen LogP contribution in [0.25, 0.3) is 0 Å².